The van der Waals surface area contributed by atoms with Gasteiger partial charge in [-0.05, 0) is 42.3 Å². The second kappa shape index (κ2) is 5.09. The number of benzene rings is 2. The van der Waals surface area contributed by atoms with E-state index in [0.717, 1.165) is 33.7 Å². The molecule has 0 atom stereocenters. The van der Waals surface area contributed by atoms with Crippen molar-refractivity contribution < 1.29 is 9.53 Å². The van der Waals surface area contributed by atoms with E-state index in [4.69, 9.17) is 4.74 Å². The molecule has 2 aromatic carbocycles. The first-order chi connectivity index (χ1) is 10.1. The topological polar surface area (TPSA) is 29.5 Å². The lowest BCUT2D eigenvalue weighted by Gasteiger charge is -2.08. The standard InChI is InChI=1S/C18H17NO2/c1-12-10-13(8-9-17(12)21-3)11-15-14-6-4-5-7-16(14)19(2)18(15)20/h4-11H,1-3H3/b15-11+. The summed E-state index contributed by atoms with van der Waals surface area (Å²) in [5, 5.41) is 0. The molecule has 0 aliphatic carbocycles. The number of nitrogens with zero attached hydrogens (tertiary/aromatic N) is 1. The van der Waals surface area contributed by atoms with Crippen molar-refractivity contribution >= 4 is 23.2 Å². The van der Waals surface area contributed by atoms with Crippen LogP contribution in [-0.4, -0.2) is 20.1 Å². The number of anilines is 1. The summed E-state index contributed by atoms with van der Waals surface area (Å²) in [6, 6.07) is 13.8. The molecular formula is C18H17NO2. The molecule has 1 aliphatic heterocycles. The molecule has 0 saturated heterocycles. The third-order valence-corrected chi connectivity index (χ3v) is 3.82. The van der Waals surface area contributed by atoms with Crippen LogP contribution in [0.3, 0.4) is 0 Å². The number of amides is 1. The molecule has 0 saturated carbocycles. The fraction of sp³-hybridized carbons (Fsp3) is 0.167. The molecule has 0 bridgehead atoms. The highest BCUT2D eigenvalue weighted by atomic mass is 16.5. The van der Waals surface area contributed by atoms with Crippen LogP contribution in [0.2, 0.25) is 0 Å². The molecule has 21 heavy (non-hydrogen) atoms. The highest BCUT2D eigenvalue weighted by Gasteiger charge is 2.28. The van der Waals surface area contributed by atoms with E-state index in [9.17, 15) is 4.79 Å². The van der Waals surface area contributed by atoms with Crippen molar-refractivity contribution in [2.45, 2.75) is 6.92 Å². The maximum absolute atomic E-state index is 12.4. The summed E-state index contributed by atoms with van der Waals surface area (Å²) in [5.74, 6) is 0.886. The maximum atomic E-state index is 12.4. The summed E-state index contributed by atoms with van der Waals surface area (Å²) in [4.78, 5) is 14.1. The Morgan fingerprint density at radius 1 is 1.14 bits per heavy atom. The molecule has 0 unspecified atom stereocenters. The van der Waals surface area contributed by atoms with E-state index in [0.29, 0.717) is 0 Å². The summed E-state index contributed by atoms with van der Waals surface area (Å²) in [7, 11) is 3.47. The van der Waals surface area contributed by atoms with Gasteiger partial charge in [-0.3, -0.25) is 4.79 Å². The summed E-state index contributed by atoms with van der Waals surface area (Å²) in [5.41, 5.74) is 4.73. The van der Waals surface area contributed by atoms with Crippen molar-refractivity contribution in [2.24, 2.45) is 0 Å². The molecule has 0 radical (unpaired) electrons. The van der Waals surface area contributed by atoms with E-state index < -0.39 is 0 Å². The number of likely N-dealkylation sites (N-methyl/N-ethyl adjacent to an activating group) is 1. The summed E-state index contributed by atoms with van der Waals surface area (Å²) >= 11 is 0. The van der Waals surface area contributed by atoms with Crippen molar-refractivity contribution in [1.82, 2.24) is 0 Å². The maximum Gasteiger partial charge on any atom is 0.258 e. The molecule has 2 aromatic rings. The zero-order valence-corrected chi connectivity index (χ0v) is 12.4. The fourth-order valence-corrected chi connectivity index (χ4v) is 2.70. The molecular weight excluding hydrogens is 262 g/mol. The Morgan fingerprint density at radius 3 is 2.62 bits per heavy atom. The zero-order chi connectivity index (χ0) is 15.0. The van der Waals surface area contributed by atoms with Gasteiger partial charge in [-0.1, -0.05) is 24.3 Å². The number of para-hydroxylation sites is 1. The van der Waals surface area contributed by atoms with Gasteiger partial charge in [0, 0.05) is 18.2 Å². The van der Waals surface area contributed by atoms with Crippen molar-refractivity contribution in [2.75, 3.05) is 19.1 Å². The summed E-state index contributed by atoms with van der Waals surface area (Å²) < 4.78 is 5.27. The van der Waals surface area contributed by atoms with E-state index in [-0.39, 0.29) is 5.91 Å². The number of ether oxygens (including phenoxy) is 1. The molecule has 106 valence electrons. The SMILES string of the molecule is COc1ccc(/C=C2/C(=O)N(C)c3ccccc32)cc1C. The smallest absolute Gasteiger partial charge is 0.258 e. The van der Waals surface area contributed by atoms with Crippen LogP contribution in [0.4, 0.5) is 5.69 Å². The molecule has 0 fully saturated rings. The van der Waals surface area contributed by atoms with E-state index >= 15 is 0 Å². The van der Waals surface area contributed by atoms with Crippen LogP contribution in [-0.2, 0) is 4.79 Å². The Morgan fingerprint density at radius 2 is 1.90 bits per heavy atom. The van der Waals surface area contributed by atoms with Gasteiger partial charge in [-0.25, -0.2) is 0 Å². The number of hydrogen-bond acceptors (Lipinski definition) is 2. The Labute approximate surface area is 124 Å². The molecule has 1 aliphatic rings. The highest BCUT2D eigenvalue weighted by Crippen LogP contribution is 2.36. The number of hydrogen-bond donors (Lipinski definition) is 0. The number of aryl methyl sites for hydroxylation is 1. The first-order valence-electron chi connectivity index (χ1n) is 6.85. The highest BCUT2D eigenvalue weighted by molar-refractivity contribution is 6.35. The first kappa shape index (κ1) is 13.4. The normalized spacial score (nSPS) is 15.5. The molecule has 3 rings (SSSR count). The lowest BCUT2D eigenvalue weighted by molar-refractivity contribution is -0.112. The predicted octanol–water partition coefficient (Wildman–Crippen LogP) is 3.52. The van der Waals surface area contributed by atoms with Gasteiger partial charge >= 0.3 is 0 Å². The van der Waals surface area contributed by atoms with Crippen LogP contribution in [0.25, 0.3) is 11.6 Å². The summed E-state index contributed by atoms with van der Waals surface area (Å²) in [6.07, 6.45) is 1.94. The van der Waals surface area contributed by atoms with Crippen molar-refractivity contribution in [3.05, 3.63) is 59.2 Å². The first-order valence-corrected chi connectivity index (χ1v) is 6.85. The van der Waals surface area contributed by atoms with Gasteiger partial charge in [0.2, 0.25) is 0 Å². The molecule has 1 heterocycles. The van der Waals surface area contributed by atoms with Gasteiger partial charge in [0.25, 0.3) is 5.91 Å². The van der Waals surface area contributed by atoms with Crippen LogP contribution in [0.1, 0.15) is 16.7 Å². The second-order valence-corrected chi connectivity index (χ2v) is 5.17. The van der Waals surface area contributed by atoms with Crippen molar-refractivity contribution in [3.63, 3.8) is 0 Å². The minimum Gasteiger partial charge on any atom is -0.496 e. The number of rotatable bonds is 2. The summed E-state index contributed by atoms with van der Waals surface area (Å²) in [6.45, 7) is 2.00. The van der Waals surface area contributed by atoms with Crippen molar-refractivity contribution in [3.8, 4) is 5.75 Å². The molecule has 1 amide bonds. The number of fused-ring (bicyclic) bond motifs is 1. The lowest BCUT2D eigenvalue weighted by atomic mass is 10.0. The third-order valence-electron chi connectivity index (χ3n) is 3.82. The van der Waals surface area contributed by atoms with Crippen LogP contribution in [0.5, 0.6) is 5.75 Å². The molecule has 0 spiro atoms. The Kier molecular flexibility index (Phi) is 3.26. The fourth-order valence-electron chi connectivity index (χ4n) is 2.70. The van der Waals surface area contributed by atoms with Crippen LogP contribution >= 0.6 is 0 Å². The van der Waals surface area contributed by atoms with Gasteiger partial charge < -0.3 is 9.64 Å². The van der Waals surface area contributed by atoms with Crippen molar-refractivity contribution in [1.29, 1.82) is 0 Å². The van der Waals surface area contributed by atoms with E-state index in [1.54, 1.807) is 19.1 Å². The number of carbonyl (C=O) groups is 1. The minimum atomic E-state index is 0.0321. The van der Waals surface area contributed by atoms with E-state index in [1.807, 2.05) is 55.5 Å². The van der Waals surface area contributed by atoms with E-state index in [1.165, 1.54) is 0 Å². The average molecular weight is 279 g/mol. The van der Waals surface area contributed by atoms with Crippen LogP contribution < -0.4 is 9.64 Å². The minimum absolute atomic E-state index is 0.0321. The van der Waals surface area contributed by atoms with Gasteiger partial charge in [0.15, 0.2) is 0 Å². The van der Waals surface area contributed by atoms with Gasteiger partial charge in [-0.15, -0.1) is 0 Å². The predicted molar refractivity (Wildman–Crippen MR) is 85.5 cm³/mol. The number of methoxy groups -OCH3 is 1. The monoisotopic (exact) mass is 279 g/mol. The van der Waals surface area contributed by atoms with Gasteiger partial charge in [0.1, 0.15) is 5.75 Å². The zero-order valence-electron chi connectivity index (χ0n) is 12.4. The second-order valence-electron chi connectivity index (χ2n) is 5.17. The quantitative estimate of drug-likeness (QED) is 0.787. The molecule has 0 N–H and O–H groups in total. The van der Waals surface area contributed by atoms with Gasteiger partial charge in [-0.2, -0.15) is 0 Å². The number of carbonyl (C=O) groups excluding carboxylic acids is 1. The van der Waals surface area contributed by atoms with Crippen LogP contribution in [0.15, 0.2) is 42.5 Å². The Balaban J connectivity index is 2.08. The Bertz CT molecular complexity index is 747. The largest absolute Gasteiger partial charge is 0.496 e. The molecule has 3 nitrogen and oxygen atoms in total. The van der Waals surface area contributed by atoms with Gasteiger partial charge in [0.05, 0.1) is 12.8 Å². The Hall–Kier alpha value is -2.55. The third kappa shape index (κ3) is 2.21. The molecule has 3 heteroatoms. The van der Waals surface area contributed by atoms with E-state index in [2.05, 4.69) is 0 Å². The average Bonchev–Trinajstić information content (AvgIpc) is 2.73. The van der Waals surface area contributed by atoms with Crippen LogP contribution in [0, 0.1) is 6.92 Å². The molecule has 0 aromatic heterocycles. The lowest BCUT2D eigenvalue weighted by Crippen LogP contribution is -2.20.